The molecule has 0 spiro atoms. The molecule has 3 aliphatic carbocycles. The molecular weight excluding hydrogens is 500 g/mol. The maximum atomic E-state index is 11.3. The van der Waals surface area contributed by atoms with Crippen LogP contribution in [0.2, 0.25) is 0 Å². The Morgan fingerprint density at radius 3 is 2.68 bits per heavy atom. The van der Waals surface area contributed by atoms with E-state index in [-0.39, 0.29) is 16.9 Å². The number of ether oxygens (including phenoxy) is 1. The summed E-state index contributed by atoms with van der Waals surface area (Å²) in [6.07, 6.45) is 16.8. The van der Waals surface area contributed by atoms with Crippen molar-refractivity contribution in [3.8, 4) is 0 Å². The Morgan fingerprint density at radius 2 is 1.89 bits per heavy atom. The number of allylic oxidation sites excluding steroid dienone is 2. The van der Waals surface area contributed by atoms with Gasteiger partial charge in [0.2, 0.25) is 0 Å². The van der Waals surface area contributed by atoms with E-state index in [0.717, 1.165) is 71.2 Å². The van der Waals surface area contributed by atoms with Gasteiger partial charge in [-0.1, -0.05) is 38.0 Å². The molecule has 1 heterocycles. The van der Waals surface area contributed by atoms with Crippen LogP contribution in [0.5, 0.6) is 0 Å². The highest BCUT2D eigenvalue weighted by Crippen LogP contribution is 2.67. The first-order valence-electron chi connectivity index (χ1n) is 14.8. The molecule has 1 aromatic rings. The van der Waals surface area contributed by atoms with Gasteiger partial charge in [0.05, 0.1) is 25.0 Å². The highest BCUT2D eigenvalue weighted by molar-refractivity contribution is 7.87. The Hall–Kier alpha value is -1.45. The van der Waals surface area contributed by atoms with Gasteiger partial charge in [-0.25, -0.2) is 0 Å². The van der Waals surface area contributed by atoms with Crippen molar-refractivity contribution in [3.05, 3.63) is 41.5 Å². The second-order valence-corrected chi connectivity index (χ2v) is 13.6. The smallest absolute Gasteiger partial charge is 0.357 e. The summed E-state index contributed by atoms with van der Waals surface area (Å²) < 4.78 is 39.6. The quantitative estimate of drug-likeness (QED) is 0.209. The molecule has 212 valence electrons. The van der Waals surface area contributed by atoms with Crippen molar-refractivity contribution in [2.24, 2.45) is 16.7 Å². The van der Waals surface area contributed by atoms with E-state index in [1.54, 1.807) is 6.07 Å². The van der Waals surface area contributed by atoms with Crippen LogP contribution in [-0.2, 0) is 21.5 Å². The van der Waals surface area contributed by atoms with Gasteiger partial charge in [0, 0.05) is 13.1 Å². The van der Waals surface area contributed by atoms with Crippen LogP contribution in [0, 0.1) is 16.7 Å². The number of benzene rings is 1. The van der Waals surface area contributed by atoms with Crippen LogP contribution in [-0.4, -0.2) is 61.9 Å². The minimum absolute atomic E-state index is 0.0335. The maximum Gasteiger partial charge on any atom is 0.357 e. The fraction of sp³-hybridized carbons (Fsp3) is 0.733. The van der Waals surface area contributed by atoms with Crippen LogP contribution in [0.15, 0.2) is 30.4 Å². The minimum atomic E-state index is -4.29. The van der Waals surface area contributed by atoms with Crippen molar-refractivity contribution in [2.45, 2.75) is 89.6 Å². The number of unbranched alkanes of at least 4 members (excludes halogenated alkanes) is 4. The van der Waals surface area contributed by atoms with E-state index in [1.165, 1.54) is 43.4 Å². The summed E-state index contributed by atoms with van der Waals surface area (Å²) in [6, 6.07) is 5.74. The SMILES string of the molecule is C[C@]12CCC3c4ccc(NS(=O)(=O)O)cc4CCC3(C=CCCCCCCN3CCOCC3)C1CC[C@@H]2O. The van der Waals surface area contributed by atoms with Crippen LogP contribution in [0.1, 0.15) is 88.2 Å². The third-order valence-corrected chi connectivity index (χ3v) is 10.8. The van der Waals surface area contributed by atoms with E-state index in [0.29, 0.717) is 17.5 Å². The molecule has 8 heteroatoms. The van der Waals surface area contributed by atoms with Gasteiger partial charge < -0.3 is 9.84 Å². The van der Waals surface area contributed by atoms with Gasteiger partial charge in [0.25, 0.3) is 0 Å². The maximum absolute atomic E-state index is 11.3. The van der Waals surface area contributed by atoms with E-state index in [9.17, 15) is 18.1 Å². The molecule has 1 saturated heterocycles. The van der Waals surface area contributed by atoms with Gasteiger partial charge in [-0.2, -0.15) is 8.42 Å². The molecule has 4 aliphatic rings. The van der Waals surface area contributed by atoms with Crippen molar-refractivity contribution >= 4 is 16.0 Å². The third kappa shape index (κ3) is 5.85. The number of hydrogen-bond acceptors (Lipinski definition) is 5. The van der Waals surface area contributed by atoms with Gasteiger partial charge >= 0.3 is 10.3 Å². The summed E-state index contributed by atoms with van der Waals surface area (Å²) in [5, 5.41) is 11.0. The second-order valence-electron chi connectivity index (χ2n) is 12.4. The Labute approximate surface area is 228 Å². The molecule has 3 N–H and O–H groups in total. The highest BCUT2D eigenvalue weighted by atomic mass is 32.2. The number of hydrogen-bond donors (Lipinski definition) is 3. The first kappa shape index (κ1) is 28.1. The van der Waals surface area contributed by atoms with Crippen LogP contribution >= 0.6 is 0 Å². The molecule has 5 rings (SSSR count). The van der Waals surface area contributed by atoms with E-state index < -0.39 is 10.3 Å². The molecule has 0 amide bonds. The number of morpholine rings is 1. The molecule has 5 atom stereocenters. The number of rotatable bonds is 10. The van der Waals surface area contributed by atoms with Gasteiger partial charge in [-0.3, -0.25) is 14.2 Å². The Bertz CT molecular complexity index is 1100. The van der Waals surface area contributed by atoms with E-state index in [1.807, 2.05) is 6.07 Å². The number of anilines is 1. The largest absolute Gasteiger partial charge is 0.393 e. The standard InChI is InChI=1S/C30H46N2O5S/c1-29-15-13-26-25-9-8-24(31-38(34,35)36)22-23(25)12-16-30(26,27(29)10-11-28(29)33)14-6-4-2-3-5-7-17-32-18-20-37-21-19-32/h6,8-9,14,22,26-28,31,33H,2-5,7,10-13,15-21H2,1H3,(H,34,35,36)/t26?,27?,28-,29-,30?/m0/s1. The topological polar surface area (TPSA) is 99.1 Å². The van der Waals surface area contributed by atoms with E-state index in [2.05, 4.69) is 34.8 Å². The summed E-state index contributed by atoms with van der Waals surface area (Å²) in [7, 11) is -4.29. The molecule has 7 nitrogen and oxygen atoms in total. The number of nitrogens with zero attached hydrogens (tertiary/aromatic N) is 1. The first-order valence-corrected chi connectivity index (χ1v) is 16.2. The lowest BCUT2D eigenvalue weighted by atomic mass is 9.47. The molecule has 3 unspecified atom stereocenters. The van der Waals surface area contributed by atoms with Crippen molar-refractivity contribution in [1.29, 1.82) is 0 Å². The first-order chi connectivity index (χ1) is 18.2. The Kier molecular flexibility index (Phi) is 8.56. The molecule has 0 bridgehead atoms. The van der Waals surface area contributed by atoms with Gasteiger partial charge in [0.1, 0.15) is 0 Å². The molecule has 3 fully saturated rings. The van der Waals surface area contributed by atoms with E-state index in [4.69, 9.17) is 4.74 Å². The highest BCUT2D eigenvalue weighted by Gasteiger charge is 2.60. The molecule has 38 heavy (non-hydrogen) atoms. The molecule has 0 radical (unpaired) electrons. The van der Waals surface area contributed by atoms with Crippen LogP contribution in [0.4, 0.5) is 5.69 Å². The van der Waals surface area contributed by atoms with Gasteiger partial charge in [-0.15, -0.1) is 0 Å². The average molecular weight is 547 g/mol. The lowest BCUT2D eigenvalue weighted by Crippen LogP contribution is -2.50. The van der Waals surface area contributed by atoms with Crippen LogP contribution in [0.25, 0.3) is 0 Å². The number of nitrogens with one attached hydrogen (secondary N) is 1. The summed E-state index contributed by atoms with van der Waals surface area (Å²) in [5.74, 6) is 0.830. The second kappa shape index (κ2) is 11.6. The fourth-order valence-corrected chi connectivity index (χ4v) is 8.75. The predicted octanol–water partition coefficient (Wildman–Crippen LogP) is 5.33. The molecular formula is C30H46N2O5S. The third-order valence-electron chi connectivity index (χ3n) is 10.3. The monoisotopic (exact) mass is 546 g/mol. The van der Waals surface area contributed by atoms with Gasteiger partial charge in [-0.05, 0) is 110 Å². The Morgan fingerprint density at radius 1 is 1.11 bits per heavy atom. The van der Waals surface area contributed by atoms with E-state index >= 15 is 0 Å². The Balaban J connectivity index is 1.26. The normalized spacial score (nSPS) is 33.6. The van der Waals surface area contributed by atoms with Crippen LogP contribution < -0.4 is 4.72 Å². The summed E-state index contributed by atoms with van der Waals surface area (Å²) in [6.45, 7) is 7.39. The van der Waals surface area contributed by atoms with Crippen molar-refractivity contribution in [2.75, 3.05) is 37.6 Å². The molecule has 1 aliphatic heterocycles. The fourth-order valence-electron chi connectivity index (χ4n) is 8.32. The minimum Gasteiger partial charge on any atom is -0.393 e. The zero-order valence-corrected chi connectivity index (χ0v) is 23.7. The zero-order valence-electron chi connectivity index (χ0n) is 22.9. The summed E-state index contributed by atoms with van der Waals surface area (Å²) in [5.41, 5.74) is 2.90. The lowest BCUT2D eigenvalue weighted by molar-refractivity contribution is -0.0530. The number of aliphatic hydroxyl groups is 1. The summed E-state index contributed by atoms with van der Waals surface area (Å²) >= 11 is 0. The summed E-state index contributed by atoms with van der Waals surface area (Å²) in [4.78, 5) is 2.52. The van der Waals surface area contributed by atoms with Crippen molar-refractivity contribution < 1.29 is 22.8 Å². The molecule has 2 saturated carbocycles. The lowest BCUT2D eigenvalue weighted by Gasteiger charge is -2.57. The zero-order chi connectivity index (χ0) is 26.8. The van der Waals surface area contributed by atoms with Crippen LogP contribution in [0.3, 0.4) is 0 Å². The van der Waals surface area contributed by atoms with Gasteiger partial charge in [0.15, 0.2) is 0 Å². The number of fused-ring (bicyclic) bond motifs is 5. The van der Waals surface area contributed by atoms with Crippen molar-refractivity contribution in [3.63, 3.8) is 0 Å². The average Bonchev–Trinajstić information content (AvgIpc) is 3.20. The predicted molar refractivity (Wildman–Crippen MR) is 151 cm³/mol. The number of aliphatic hydroxyl groups excluding tert-OH is 1. The van der Waals surface area contributed by atoms with Crippen molar-refractivity contribution in [1.82, 2.24) is 4.90 Å². The molecule has 0 aromatic heterocycles. The molecule has 1 aromatic carbocycles. The number of aryl methyl sites for hydroxylation is 1.